The number of esters is 1. The van der Waals surface area contributed by atoms with E-state index in [0.29, 0.717) is 11.6 Å². The van der Waals surface area contributed by atoms with Crippen molar-refractivity contribution in [3.63, 3.8) is 0 Å². The molecule has 4 nitrogen and oxygen atoms in total. The van der Waals surface area contributed by atoms with Crippen molar-refractivity contribution in [1.29, 1.82) is 0 Å². The van der Waals surface area contributed by atoms with E-state index in [4.69, 9.17) is 9.47 Å². The van der Waals surface area contributed by atoms with Gasteiger partial charge in [-0.1, -0.05) is 42.5 Å². The average Bonchev–Trinajstić information content (AvgIpc) is 2.99. The third-order valence-electron chi connectivity index (χ3n) is 6.27. The molecule has 1 fully saturated rings. The van der Waals surface area contributed by atoms with Crippen LogP contribution in [0.4, 0.5) is 0 Å². The Balaban J connectivity index is 1.57. The van der Waals surface area contributed by atoms with Gasteiger partial charge in [0.05, 0.1) is 18.8 Å². The van der Waals surface area contributed by atoms with Crippen molar-refractivity contribution >= 4 is 5.97 Å². The number of rotatable bonds is 4. The Kier molecular flexibility index (Phi) is 5.02. The van der Waals surface area contributed by atoms with E-state index in [0.717, 1.165) is 37.8 Å². The molecule has 1 aliphatic carbocycles. The number of ether oxygens (including phenoxy) is 2. The van der Waals surface area contributed by atoms with E-state index in [1.54, 1.807) is 0 Å². The predicted molar refractivity (Wildman–Crippen MR) is 105 cm³/mol. The van der Waals surface area contributed by atoms with Crippen LogP contribution in [0.5, 0.6) is 0 Å². The molecule has 3 unspecified atom stereocenters. The molecule has 142 valence electrons. The lowest BCUT2D eigenvalue weighted by Crippen LogP contribution is -2.47. The molecule has 1 aliphatic heterocycles. The van der Waals surface area contributed by atoms with Gasteiger partial charge in [0, 0.05) is 18.6 Å². The first-order valence-corrected chi connectivity index (χ1v) is 9.67. The molecule has 2 aliphatic rings. The highest BCUT2D eigenvalue weighted by Crippen LogP contribution is 2.53. The average molecular weight is 365 g/mol. The number of fused-ring (bicyclic) bond motifs is 1. The number of carbonyl (C=O) groups excluding carboxylic acids is 1. The zero-order valence-corrected chi connectivity index (χ0v) is 16.0. The minimum Gasteiger partial charge on any atom is -0.465 e. The highest BCUT2D eigenvalue weighted by molar-refractivity contribution is 5.91. The quantitative estimate of drug-likeness (QED) is 0.840. The van der Waals surface area contributed by atoms with E-state index in [9.17, 15) is 4.79 Å². The van der Waals surface area contributed by atoms with E-state index in [1.165, 1.54) is 18.2 Å². The fourth-order valence-electron chi connectivity index (χ4n) is 5.14. The third-order valence-corrected chi connectivity index (χ3v) is 6.27. The normalized spacial score (nSPS) is 26.7. The van der Waals surface area contributed by atoms with Crippen molar-refractivity contribution in [3.05, 3.63) is 70.8 Å². The van der Waals surface area contributed by atoms with Gasteiger partial charge in [0.1, 0.15) is 0 Å². The summed E-state index contributed by atoms with van der Waals surface area (Å²) in [4.78, 5) is 12.1. The Morgan fingerprint density at radius 3 is 2.74 bits per heavy atom. The van der Waals surface area contributed by atoms with E-state index < -0.39 is 0 Å². The predicted octanol–water partition coefficient (Wildman–Crippen LogP) is 3.70. The molecule has 0 bridgehead atoms. The number of hydrogen-bond acceptors (Lipinski definition) is 4. The van der Waals surface area contributed by atoms with Crippen LogP contribution in [-0.2, 0) is 22.3 Å². The van der Waals surface area contributed by atoms with Crippen molar-refractivity contribution in [2.24, 2.45) is 5.41 Å². The molecule has 27 heavy (non-hydrogen) atoms. The molecule has 2 aromatic carbocycles. The number of hydrogen-bond donors (Lipinski definition) is 1. The smallest absolute Gasteiger partial charge is 0.338 e. The first-order chi connectivity index (χ1) is 13.2. The first-order valence-electron chi connectivity index (χ1n) is 9.67. The number of methoxy groups -OCH3 is 2. The second-order valence-electron chi connectivity index (χ2n) is 7.81. The van der Waals surface area contributed by atoms with Crippen LogP contribution in [0.3, 0.4) is 0 Å². The van der Waals surface area contributed by atoms with Gasteiger partial charge in [-0.05, 0) is 55.0 Å². The second kappa shape index (κ2) is 7.45. The Labute approximate surface area is 160 Å². The summed E-state index contributed by atoms with van der Waals surface area (Å²) in [6, 6.07) is 16.8. The Bertz CT molecular complexity index is 834. The Morgan fingerprint density at radius 1 is 1.15 bits per heavy atom. The summed E-state index contributed by atoms with van der Waals surface area (Å²) in [5, 5.41) is 3.67. The number of carbonyl (C=O) groups is 1. The van der Waals surface area contributed by atoms with Crippen molar-refractivity contribution in [2.75, 3.05) is 20.8 Å². The molecular formula is C23H27NO3. The van der Waals surface area contributed by atoms with Gasteiger partial charge in [0.25, 0.3) is 0 Å². The van der Waals surface area contributed by atoms with E-state index in [1.807, 2.05) is 31.4 Å². The molecule has 4 rings (SSSR count). The minimum atomic E-state index is -0.265. The Morgan fingerprint density at radius 2 is 1.93 bits per heavy atom. The largest absolute Gasteiger partial charge is 0.465 e. The molecule has 0 radical (unpaired) electrons. The van der Waals surface area contributed by atoms with Gasteiger partial charge in [-0.2, -0.15) is 0 Å². The van der Waals surface area contributed by atoms with Gasteiger partial charge in [0.2, 0.25) is 0 Å². The number of nitrogens with one attached hydrogen (secondary N) is 1. The SMILES string of the molecule is COC(=O)c1ccccc1CC1CC2(CCN1)Cc1ccccc1C2OC. The number of benzene rings is 2. The van der Waals surface area contributed by atoms with Crippen LogP contribution in [0, 0.1) is 5.41 Å². The van der Waals surface area contributed by atoms with Crippen LogP contribution in [0.2, 0.25) is 0 Å². The summed E-state index contributed by atoms with van der Waals surface area (Å²) in [5.41, 5.74) is 4.60. The third kappa shape index (κ3) is 3.28. The summed E-state index contributed by atoms with van der Waals surface area (Å²) >= 11 is 0. The minimum absolute atomic E-state index is 0.133. The maximum atomic E-state index is 12.1. The van der Waals surface area contributed by atoms with E-state index in [-0.39, 0.29) is 17.5 Å². The zero-order valence-electron chi connectivity index (χ0n) is 16.0. The first kappa shape index (κ1) is 18.2. The zero-order chi connectivity index (χ0) is 18.9. The highest BCUT2D eigenvalue weighted by atomic mass is 16.5. The molecule has 1 spiro atoms. The van der Waals surface area contributed by atoms with Crippen molar-refractivity contribution in [1.82, 2.24) is 5.32 Å². The maximum absolute atomic E-state index is 12.1. The van der Waals surface area contributed by atoms with Gasteiger partial charge in [-0.25, -0.2) is 4.79 Å². The fourth-order valence-corrected chi connectivity index (χ4v) is 5.14. The summed E-state index contributed by atoms with van der Waals surface area (Å²) in [5.74, 6) is -0.265. The molecule has 0 aromatic heterocycles. The lowest BCUT2D eigenvalue weighted by atomic mass is 9.71. The van der Waals surface area contributed by atoms with Crippen molar-refractivity contribution < 1.29 is 14.3 Å². The van der Waals surface area contributed by atoms with Crippen LogP contribution in [0.15, 0.2) is 48.5 Å². The molecule has 1 saturated heterocycles. The monoisotopic (exact) mass is 365 g/mol. The number of piperidine rings is 1. The lowest BCUT2D eigenvalue weighted by Gasteiger charge is -2.42. The van der Waals surface area contributed by atoms with Crippen LogP contribution < -0.4 is 5.32 Å². The van der Waals surface area contributed by atoms with Crippen molar-refractivity contribution in [2.45, 2.75) is 37.8 Å². The lowest BCUT2D eigenvalue weighted by molar-refractivity contribution is -0.0290. The van der Waals surface area contributed by atoms with Crippen LogP contribution >= 0.6 is 0 Å². The van der Waals surface area contributed by atoms with Crippen molar-refractivity contribution in [3.8, 4) is 0 Å². The van der Waals surface area contributed by atoms with E-state index in [2.05, 4.69) is 29.6 Å². The van der Waals surface area contributed by atoms with E-state index >= 15 is 0 Å². The molecule has 0 saturated carbocycles. The summed E-state index contributed by atoms with van der Waals surface area (Å²) < 4.78 is 11.0. The maximum Gasteiger partial charge on any atom is 0.338 e. The highest BCUT2D eigenvalue weighted by Gasteiger charge is 2.48. The van der Waals surface area contributed by atoms with Gasteiger partial charge < -0.3 is 14.8 Å². The molecule has 4 heteroatoms. The molecule has 3 atom stereocenters. The van der Waals surface area contributed by atoms with Crippen LogP contribution in [0.1, 0.15) is 46.0 Å². The molecule has 0 amide bonds. The van der Waals surface area contributed by atoms with Gasteiger partial charge >= 0.3 is 5.97 Å². The van der Waals surface area contributed by atoms with Gasteiger partial charge in [-0.3, -0.25) is 0 Å². The summed E-state index contributed by atoms with van der Waals surface area (Å²) in [7, 11) is 3.27. The fraction of sp³-hybridized carbons (Fsp3) is 0.435. The van der Waals surface area contributed by atoms with Gasteiger partial charge in [0.15, 0.2) is 0 Å². The summed E-state index contributed by atoms with van der Waals surface area (Å²) in [6.07, 6.45) is 4.18. The second-order valence-corrected chi connectivity index (χ2v) is 7.81. The van der Waals surface area contributed by atoms with Gasteiger partial charge in [-0.15, -0.1) is 0 Å². The van der Waals surface area contributed by atoms with Crippen LogP contribution in [0.25, 0.3) is 0 Å². The molecular weight excluding hydrogens is 338 g/mol. The topological polar surface area (TPSA) is 47.6 Å². The standard InChI is InChI=1S/C23H27NO3/c1-26-21-19-9-5-4-8-17(19)14-23(21)11-12-24-18(15-23)13-16-7-3-6-10-20(16)22(25)27-2/h3-10,18,21,24H,11-15H2,1-2H3. The molecule has 1 N–H and O–H groups in total. The summed E-state index contributed by atoms with van der Waals surface area (Å²) in [6.45, 7) is 0.971. The molecule has 1 heterocycles. The molecule has 2 aromatic rings. The van der Waals surface area contributed by atoms with Crippen LogP contribution in [-0.4, -0.2) is 32.8 Å². The Hall–Kier alpha value is -2.17.